The maximum absolute atomic E-state index is 11.4. The van der Waals surface area contributed by atoms with Gasteiger partial charge in [-0.2, -0.15) is 0 Å². The third kappa shape index (κ3) is 3.00. The second-order valence-electron chi connectivity index (χ2n) is 4.14. The van der Waals surface area contributed by atoms with Crippen LogP contribution in [0.4, 0.5) is 0 Å². The lowest BCUT2D eigenvalue weighted by atomic mass is 10.1. The lowest BCUT2D eigenvalue weighted by molar-refractivity contribution is -0.137. The summed E-state index contributed by atoms with van der Waals surface area (Å²) in [6.07, 6.45) is 7.09. The number of ether oxygens (including phenoxy) is 1. The Balaban J connectivity index is 2.02. The molecule has 1 N–H and O–H groups in total. The minimum Gasteiger partial charge on any atom is -0.463 e. The lowest BCUT2D eigenvalue weighted by Gasteiger charge is -1.98. The zero-order valence-electron chi connectivity index (χ0n) is 10.5. The Bertz CT molecular complexity index is 554. The summed E-state index contributed by atoms with van der Waals surface area (Å²) in [5, 5.41) is 1.11. The highest BCUT2D eigenvalue weighted by Gasteiger charge is 2.00. The number of carbonyl (C=O) groups is 1. The summed E-state index contributed by atoms with van der Waals surface area (Å²) in [5.74, 6) is -0.284. The van der Waals surface area contributed by atoms with Crippen molar-refractivity contribution in [2.45, 2.75) is 19.8 Å². The quantitative estimate of drug-likeness (QED) is 0.496. The van der Waals surface area contributed by atoms with E-state index in [0.29, 0.717) is 6.61 Å². The van der Waals surface area contributed by atoms with Gasteiger partial charge >= 0.3 is 5.97 Å². The molecule has 0 amide bonds. The Morgan fingerprint density at radius 3 is 3.06 bits per heavy atom. The summed E-state index contributed by atoms with van der Waals surface area (Å²) in [6.45, 7) is 2.56. The van der Waals surface area contributed by atoms with Crippen molar-refractivity contribution < 1.29 is 9.53 Å². The van der Waals surface area contributed by atoms with Crippen molar-refractivity contribution in [1.82, 2.24) is 4.98 Å². The maximum atomic E-state index is 11.4. The Morgan fingerprint density at radius 1 is 1.39 bits per heavy atom. The molecule has 1 aromatic heterocycles. The smallest absolute Gasteiger partial charge is 0.330 e. The molecule has 0 saturated carbocycles. The number of hydrogen-bond acceptors (Lipinski definition) is 2. The number of aromatic amines is 1. The van der Waals surface area contributed by atoms with Crippen LogP contribution in [0.2, 0.25) is 0 Å². The van der Waals surface area contributed by atoms with Gasteiger partial charge in [-0.15, -0.1) is 0 Å². The molecule has 0 unspecified atom stereocenters. The Morgan fingerprint density at radius 2 is 2.22 bits per heavy atom. The largest absolute Gasteiger partial charge is 0.463 e. The standard InChI is InChI=1S/C15H17NO2/c1-2-3-10-18-15(17)9-8-12-11-16-14-7-5-4-6-13(12)14/h4-9,11,16H,2-3,10H2,1H3/b9-8+. The van der Waals surface area contributed by atoms with Gasteiger partial charge < -0.3 is 9.72 Å². The second-order valence-corrected chi connectivity index (χ2v) is 4.14. The molecule has 94 valence electrons. The molecule has 3 heteroatoms. The van der Waals surface area contributed by atoms with Crippen LogP contribution in [0, 0.1) is 0 Å². The number of benzene rings is 1. The van der Waals surface area contributed by atoms with Gasteiger partial charge in [0.25, 0.3) is 0 Å². The van der Waals surface area contributed by atoms with Crippen molar-refractivity contribution in [2.75, 3.05) is 6.61 Å². The molecule has 0 aliphatic rings. The van der Waals surface area contributed by atoms with E-state index in [-0.39, 0.29) is 5.97 Å². The molecule has 0 bridgehead atoms. The van der Waals surface area contributed by atoms with Crippen molar-refractivity contribution in [3.63, 3.8) is 0 Å². The molecule has 0 radical (unpaired) electrons. The number of esters is 1. The van der Waals surface area contributed by atoms with Gasteiger partial charge in [-0.1, -0.05) is 31.5 Å². The Kier molecular flexibility index (Phi) is 4.18. The number of unbranched alkanes of at least 4 members (excludes halogenated alkanes) is 1. The first-order chi connectivity index (χ1) is 8.81. The molecule has 0 aliphatic carbocycles. The molecule has 1 heterocycles. The fraction of sp³-hybridized carbons (Fsp3) is 0.267. The topological polar surface area (TPSA) is 42.1 Å². The van der Waals surface area contributed by atoms with E-state index in [1.165, 1.54) is 6.08 Å². The first kappa shape index (κ1) is 12.4. The van der Waals surface area contributed by atoms with Crippen LogP contribution in [0.3, 0.4) is 0 Å². The van der Waals surface area contributed by atoms with Gasteiger partial charge in [0, 0.05) is 28.7 Å². The van der Waals surface area contributed by atoms with Crippen molar-refractivity contribution in [2.24, 2.45) is 0 Å². The highest BCUT2D eigenvalue weighted by Crippen LogP contribution is 2.18. The highest BCUT2D eigenvalue weighted by atomic mass is 16.5. The van der Waals surface area contributed by atoms with Crippen LogP contribution >= 0.6 is 0 Å². The number of nitrogens with one attached hydrogen (secondary N) is 1. The zero-order chi connectivity index (χ0) is 12.8. The molecule has 0 fully saturated rings. The van der Waals surface area contributed by atoms with Gasteiger partial charge in [0.15, 0.2) is 0 Å². The molecule has 0 saturated heterocycles. The molecular formula is C15H17NO2. The van der Waals surface area contributed by atoms with Crippen LogP contribution < -0.4 is 0 Å². The molecule has 0 spiro atoms. The van der Waals surface area contributed by atoms with Crippen LogP contribution in [0.15, 0.2) is 36.5 Å². The molecule has 0 aliphatic heterocycles. The number of carbonyl (C=O) groups excluding carboxylic acids is 1. The first-order valence-corrected chi connectivity index (χ1v) is 6.22. The van der Waals surface area contributed by atoms with E-state index >= 15 is 0 Å². The van der Waals surface area contributed by atoms with Crippen molar-refractivity contribution in [3.8, 4) is 0 Å². The van der Waals surface area contributed by atoms with Gasteiger partial charge in [-0.25, -0.2) is 4.79 Å². The van der Waals surface area contributed by atoms with Crippen LogP contribution in [-0.4, -0.2) is 17.6 Å². The fourth-order valence-electron chi connectivity index (χ4n) is 1.75. The fourth-order valence-corrected chi connectivity index (χ4v) is 1.75. The monoisotopic (exact) mass is 243 g/mol. The van der Waals surface area contributed by atoms with E-state index in [9.17, 15) is 4.79 Å². The van der Waals surface area contributed by atoms with E-state index in [1.807, 2.05) is 30.5 Å². The van der Waals surface area contributed by atoms with E-state index in [1.54, 1.807) is 6.08 Å². The molecule has 2 rings (SSSR count). The summed E-state index contributed by atoms with van der Waals surface area (Å²) < 4.78 is 5.06. The summed E-state index contributed by atoms with van der Waals surface area (Å²) >= 11 is 0. The number of fused-ring (bicyclic) bond motifs is 1. The third-order valence-electron chi connectivity index (χ3n) is 2.76. The Hall–Kier alpha value is -2.03. The van der Waals surface area contributed by atoms with E-state index < -0.39 is 0 Å². The normalized spacial score (nSPS) is 11.2. The van der Waals surface area contributed by atoms with Crippen molar-refractivity contribution in [3.05, 3.63) is 42.1 Å². The van der Waals surface area contributed by atoms with Crippen LogP contribution in [-0.2, 0) is 9.53 Å². The summed E-state index contributed by atoms with van der Waals surface area (Å²) in [5.41, 5.74) is 2.06. The van der Waals surface area contributed by atoms with Gasteiger partial charge in [-0.3, -0.25) is 0 Å². The Labute approximate surface area is 106 Å². The van der Waals surface area contributed by atoms with Gasteiger partial charge in [0.2, 0.25) is 0 Å². The van der Waals surface area contributed by atoms with E-state index in [2.05, 4.69) is 11.9 Å². The molecular weight excluding hydrogens is 226 g/mol. The molecule has 18 heavy (non-hydrogen) atoms. The van der Waals surface area contributed by atoms with E-state index in [0.717, 1.165) is 29.3 Å². The number of hydrogen-bond donors (Lipinski definition) is 1. The minimum atomic E-state index is -0.284. The number of para-hydroxylation sites is 1. The zero-order valence-corrected chi connectivity index (χ0v) is 10.5. The molecule has 3 nitrogen and oxygen atoms in total. The average molecular weight is 243 g/mol. The predicted octanol–water partition coefficient (Wildman–Crippen LogP) is 3.52. The summed E-state index contributed by atoms with van der Waals surface area (Å²) in [4.78, 5) is 14.6. The summed E-state index contributed by atoms with van der Waals surface area (Å²) in [6, 6.07) is 7.98. The third-order valence-corrected chi connectivity index (χ3v) is 2.76. The minimum absolute atomic E-state index is 0.284. The molecule has 0 atom stereocenters. The predicted molar refractivity (Wildman–Crippen MR) is 73.2 cm³/mol. The van der Waals surface area contributed by atoms with Crippen LogP contribution in [0.1, 0.15) is 25.3 Å². The van der Waals surface area contributed by atoms with Gasteiger partial charge in [-0.05, 0) is 18.6 Å². The van der Waals surface area contributed by atoms with E-state index in [4.69, 9.17) is 4.74 Å². The number of H-pyrrole nitrogens is 1. The summed E-state index contributed by atoms with van der Waals surface area (Å²) in [7, 11) is 0. The van der Waals surface area contributed by atoms with Gasteiger partial charge in [0.05, 0.1) is 6.61 Å². The SMILES string of the molecule is CCCCOC(=O)/C=C/c1c[nH]c2ccccc12. The lowest BCUT2D eigenvalue weighted by Crippen LogP contribution is -2.01. The highest BCUT2D eigenvalue weighted by molar-refractivity contribution is 5.93. The van der Waals surface area contributed by atoms with Crippen LogP contribution in [0.5, 0.6) is 0 Å². The second kappa shape index (κ2) is 6.05. The van der Waals surface area contributed by atoms with Crippen molar-refractivity contribution >= 4 is 22.9 Å². The average Bonchev–Trinajstić information content (AvgIpc) is 2.80. The van der Waals surface area contributed by atoms with Crippen molar-refractivity contribution in [1.29, 1.82) is 0 Å². The number of aromatic nitrogens is 1. The maximum Gasteiger partial charge on any atom is 0.330 e. The van der Waals surface area contributed by atoms with Gasteiger partial charge in [0.1, 0.15) is 0 Å². The number of rotatable bonds is 5. The molecule has 1 aromatic carbocycles. The van der Waals surface area contributed by atoms with Crippen LogP contribution in [0.25, 0.3) is 17.0 Å². The first-order valence-electron chi connectivity index (χ1n) is 6.22. The molecule has 2 aromatic rings.